The summed E-state index contributed by atoms with van der Waals surface area (Å²) < 4.78 is 6.69. The van der Waals surface area contributed by atoms with Gasteiger partial charge in [-0.3, -0.25) is 4.90 Å². The first-order valence-corrected chi connectivity index (χ1v) is 10.6. The van der Waals surface area contributed by atoms with Gasteiger partial charge in [-0.05, 0) is 18.2 Å². The fourth-order valence-electron chi connectivity index (χ4n) is 3.71. The molecule has 2 aromatic heterocycles. The van der Waals surface area contributed by atoms with Crippen LogP contribution in [0.5, 0.6) is 0 Å². The molecule has 0 saturated carbocycles. The zero-order valence-electron chi connectivity index (χ0n) is 15.8. The van der Waals surface area contributed by atoms with E-state index in [0.29, 0.717) is 0 Å². The van der Waals surface area contributed by atoms with Crippen LogP contribution in [0, 0.1) is 0 Å². The van der Waals surface area contributed by atoms with E-state index in [4.69, 9.17) is 14.7 Å². The normalized spacial score (nSPS) is 18.7. The summed E-state index contributed by atoms with van der Waals surface area (Å²) in [5.74, 6) is 0.828. The SMILES string of the molecule is c1ccc2sc(N3CCN(Cc4ccnc(N5CCOCC5)n4)CC3)nc2c1. The van der Waals surface area contributed by atoms with Crippen LogP contribution >= 0.6 is 11.3 Å². The number of ether oxygens (including phenoxy) is 1. The lowest BCUT2D eigenvalue weighted by Crippen LogP contribution is -2.46. The highest BCUT2D eigenvalue weighted by Gasteiger charge is 2.21. The van der Waals surface area contributed by atoms with Gasteiger partial charge in [0.2, 0.25) is 5.95 Å². The molecule has 2 saturated heterocycles. The summed E-state index contributed by atoms with van der Waals surface area (Å²) in [7, 11) is 0. The summed E-state index contributed by atoms with van der Waals surface area (Å²) >= 11 is 1.79. The Morgan fingerprint density at radius 2 is 1.71 bits per heavy atom. The second kappa shape index (κ2) is 7.98. The molecule has 0 bridgehead atoms. The minimum Gasteiger partial charge on any atom is -0.378 e. The quantitative estimate of drug-likeness (QED) is 0.670. The van der Waals surface area contributed by atoms with Crippen LogP contribution in [-0.4, -0.2) is 72.3 Å². The minimum absolute atomic E-state index is 0.751. The highest BCUT2D eigenvalue weighted by atomic mass is 32.1. The Balaban J connectivity index is 1.20. The van der Waals surface area contributed by atoms with Crippen molar-refractivity contribution in [2.75, 3.05) is 62.3 Å². The van der Waals surface area contributed by atoms with Crippen molar-refractivity contribution >= 4 is 32.6 Å². The molecule has 0 radical (unpaired) electrons. The Bertz CT molecular complexity index is 900. The summed E-state index contributed by atoms with van der Waals surface area (Å²) in [5.41, 5.74) is 2.19. The number of hydrogen-bond acceptors (Lipinski definition) is 8. The van der Waals surface area contributed by atoms with Crippen molar-refractivity contribution in [3.8, 4) is 0 Å². The zero-order chi connectivity index (χ0) is 18.8. The van der Waals surface area contributed by atoms with Crippen LogP contribution in [0.25, 0.3) is 10.2 Å². The summed E-state index contributed by atoms with van der Waals surface area (Å²) in [4.78, 5) is 21.1. The van der Waals surface area contributed by atoms with Gasteiger partial charge in [0, 0.05) is 52.0 Å². The molecule has 7 nitrogen and oxygen atoms in total. The molecule has 1 aromatic carbocycles. The van der Waals surface area contributed by atoms with E-state index in [-0.39, 0.29) is 0 Å². The van der Waals surface area contributed by atoms with Crippen molar-refractivity contribution in [1.29, 1.82) is 0 Å². The molecule has 8 heteroatoms. The van der Waals surface area contributed by atoms with Gasteiger partial charge in [0.25, 0.3) is 0 Å². The molecule has 4 heterocycles. The molecule has 0 unspecified atom stereocenters. The third kappa shape index (κ3) is 3.80. The molecule has 0 spiro atoms. The second-order valence-corrected chi connectivity index (χ2v) is 8.18. The van der Waals surface area contributed by atoms with Crippen molar-refractivity contribution < 1.29 is 4.74 Å². The zero-order valence-corrected chi connectivity index (χ0v) is 16.6. The summed E-state index contributed by atoms with van der Waals surface area (Å²) in [5, 5.41) is 1.14. The van der Waals surface area contributed by atoms with Crippen molar-refractivity contribution in [3.05, 3.63) is 42.2 Å². The van der Waals surface area contributed by atoms with Crippen molar-refractivity contribution in [3.63, 3.8) is 0 Å². The maximum Gasteiger partial charge on any atom is 0.225 e. The number of benzene rings is 1. The van der Waals surface area contributed by atoms with Crippen LogP contribution in [-0.2, 0) is 11.3 Å². The fraction of sp³-hybridized carbons (Fsp3) is 0.450. The van der Waals surface area contributed by atoms with E-state index in [1.165, 1.54) is 4.70 Å². The average molecular weight is 397 g/mol. The van der Waals surface area contributed by atoms with Gasteiger partial charge < -0.3 is 14.5 Å². The maximum atomic E-state index is 5.42. The molecule has 2 aliphatic rings. The largest absolute Gasteiger partial charge is 0.378 e. The molecular weight excluding hydrogens is 372 g/mol. The number of rotatable bonds is 4. The summed E-state index contributed by atoms with van der Waals surface area (Å²) in [6.45, 7) is 8.15. The third-order valence-corrected chi connectivity index (χ3v) is 6.40. The Morgan fingerprint density at radius 3 is 2.54 bits per heavy atom. The smallest absolute Gasteiger partial charge is 0.225 e. The number of hydrogen-bond donors (Lipinski definition) is 0. The number of fused-ring (bicyclic) bond motifs is 1. The highest BCUT2D eigenvalue weighted by molar-refractivity contribution is 7.22. The van der Waals surface area contributed by atoms with Crippen LogP contribution in [0.2, 0.25) is 0 Å². The van der Waals surface area contributed by atoms with E-state index >= 15 is 0 Å². The monoisotopic (exact) mass is 396 g/mol. The van der Waals surface area contributed by atoms with Gasteiger partial charge >= 0.3 is 0 Å². The Morgan fingerprint density at radius 1 is 0.893 bits per heavy atom. The number of thiazole rings is 1. The highest BCUT2D eigenvalue weighted by Crippen LogP contribution is 2.29. The topological polar surface area (TPSA) is 57.6 Å². The Hall–Kier alpha value is -2.29. The fourth-order valence-corrected chi connectivity index (χ4v) is 4.73. The standard InChI is InChI=1S/C20H24N6OS/c1-2-4-18-17(3-1)23-20(28-18)26-9-7-24(8-10-26)15-16-5-6-21-19(22-16)25-11-13-27-14-12-25/h1-6H,7-15H2. The minimum atomic E-state index is 0.751. The number of para-hydroxylation sites is 1. The van der Waals surface area contributed by atoms with Crippen molar-refractivity contribution in [2.45, 2.75) is 6.54 Å². The predicted molar refractivity (Wildman–Crippen MR) is 112 cm³/mol. The van der Waals surface area contributed by atoms with E-state index in [9.17, 15) is 0 Å². The van der Waals surface area contributed by atoms with E-state index in [1.807, 2.05) is 12.3 Å². The lowest BCUT2D eigenvalue weighted by Gasteiger charge is -2.34. The molecule has 3 aromatic rings. The van der Waals surface area contributed by atoms with Gasteiger partial charge in [0.05, 0.1) is 29.1 Å². The van der Waals surface area contributed by atoms with Crippen LogP contribution in [0.3, 0.4) is 0 Å². The molecule has 2 fully saturated rings. The number of anilines is 2. The summed E-state index contributed by atoms with van der Waals surface area (Å²) in [6, 6.07) is 10.4. The van der Waals surface area contributed by atoms with Gasteiger partial charge in [-0.25, -0.2) is 15.0 Å². The molecule has 2 aliphatic heterocycles. The van der Waals surface area contributed by atoms with E-state index < -0.39 is 0 Å². The number of morpholine rings is 1. The van der Waals surface area contributed by atoms with E-state index in [2.05, 4.69) is 43.9 Å². The maximum absolute atomic E-state index is 5.42. The lowest BCUT2D eigenvalue weighted by molar-refractivity contribution is 0.122. The van der Waals surface area contributed by atoms with E-state index in [1.54, 1.807) is 11.3 Å². The number of aromatic nitrogens is 3. The molecule has 0 atom stereocenters. The van der Waals surface area contributed by atoms with Gasteiger partial charge in [0.1, 0.15) is 0 Å². The molecule has 0 N–H and O–H groups in total. The van der Waals surface area contributed by atoms with Crippen LogP contribution in [0.15, 0.2) is 36.5 Å². The van der Waals surface area contributed by atoms with Gasteiger partial charge in [-0.1, -0.05) is 23.5 Å². The third-order valence-electron chi connectivity index (χ3n) is 5.31. The Kier molecular flexibility index (Phi) is 5.07. The van der Waals surface area contributed by atoms with Crippen molar-refractivity contribution in [2.24, 2.45) is 0 Å². The van der Waals surface area contributed by atoms with Gasteiger partial charge in [-0.15, -0.1) is 0 Å². The van der Waals surface area contributed by atoms with E-state index in [0.717, 1.165) is 81.3 Å². The van der Waals surface area contributed by atoms with Gasteiger partial charge in [-0.2, -0.15) is 0 Å². The summed E-state index contributed by atoms with van der Waals surface area (Å²) in [6.07, 6.45) is 1.88. The van der Waals surface area contributed by atoms with Gasteiger partial charge in [0.15, 0.2) is 5.13 Å². The first-order chi connectivity index (χ1) is 13.8. The number of nitrogens with zero attached hydrogens (tertiary/aromatic N) is 6. The molecule has 28 heavy (non-hydrogen) atoms. The van der Waals surface area contributed by atoms with Crippen molar-refractivity contribution in [1.82, 2.24) is 19.9 Å². The molecule has 5 rings (SSSR count). The van der Waals surface area contributed by atoms with Crippen LogP contribution in [0.4, 0.5) is 11.1 Å². The second-order valence-electron chi connectivity index (χ2n) is 7.17. The average Bonchev–Trinajstić information content (AvgIpc) is 3.19. The number of piperazine rings is 1. The first-order valence-electron chi connectivity index (χ1n) is 9.83. The first kappa shape index (κ1) is 17.8. The van der Waals surface area contributed by atoms with Crippen LogP contribution < -0.4 is 9.80 Å². The predicted octanol–water partition coefficient (Wildman–Crippen LogP) is 2.25. The lowest BCUT2D eigenvalue weighted by atomic mass is 10.3. The molecule has 146 valence electrons. The molecular formula is C20H24N6OS. The Labute approximate surface area is 168 Å². The van der Waals surface area contributed by atoms with Crippen LogP contribution in [0.1, 0.15) is 5.69 Å². The molecule has 0 aliphatic carbocycles. The molecule has 0 amide bonds.